The first-order valence-electron chi connectivity index (χ1n) is 6.73. The predicted octanol–water partition coefficient (Wildman–Crippen LogP) is 4.26. The highest BCUT2D eigenvalue weighted by Gasteiger charge is 2.29. The number of benzene rings is 2. The maximum absolute atomic E-state index is 9.82. The van der Waals surface area contributed by atoms with Crippen molar-refractivity contribution in [3.8, 4) is 0 Å². The van der Waals surface area contributed by atoms with Gasteiger partial charge in [0.1, 0.15) is 0 Å². The summed E-state index contributed by atoms with van der Waals surface area (Å²) >= 11 is 3.46. The van der Waals surface area contributed by atoms with E-state index >= 15 is 0 Å². The summed E-state index contributed by atoms with van der Waals surface area (Å²) in [6.45, 7) is 0.209. The van der Waals surface area contributed by atoms with Crippen LogP contribution in [0.25, 0.3) is 0 Å². The van der Waals surface area contributed by atoms with Gasteiger partial charge in [0.05, 0.1) is 6.61 Å². The summed E-state index contributed by atoms with van der Waals surface area (Å²) in [5, 5.41) is 9.82. The molecule has 1 aliphatic carbocycles. The van der Waals surface area contributed by atoms with Crippen molar-refractivity contribution in [3.05, 3.63) is 69.7 Å². The summed E-state index contributed by atoms with van der Waals surface area (Å²) in [6.07, 6.45) is 2.27. The molecule has 2 aromatic rings. The zero-order chi connectivity index (χ0) is 13.2. The van der Waals surface area contributed by atoms with Gasteiger partial charge in [-0.3, -0.25) is 0 Å². The third-order valence-electron chi connectivity index (χ3n) is 4.16. The van der Waals surface area contributed by atoms with Crippen LogP contribution in [-0.4, -0.2) is 11.7 Å². The van der Waals surface area contributed by atoms with Crippen molar-refractivity contribution in [3.63, 3.8) is 0 Å². The third kappa shape index (κ3) is 2.47. The van der Waals surface area contributed by atoms with Gasteiger partial charge in [0.15, 0.2) is 0 Å². The second-order valence-electron chi connectivity index (χ2n) is 5.18. The number of halogens is 1. The van der Waals surface area contributed by atoms with E-state index in [1.165, 1.54) is 16.7 Å². The molecule has 0 radical (unpaired) electrons. The van der Waals surface area contributed by atoms with E-state index in [4.69, 9.17) is 0 Å². The first-order chi connectivity index (χ1) is 9.29. The van der Waals surface area contributed by atoms with Crippen molar-refractivity contribution in [2.24, 2.45) is 0 Å². The highest BCUT2D eigenvalue weighted by Crippen LogP contribution is 2.42. The Morgan fingerprint density at radius 3 is 2.58 bits per heavy atom. The van der Waals surface area contributed by atoms with Crippen molar-refractivity contribution < 1.29 is 5.11 Å². The number of hydrogen-bond acceptors (Lipinski definition) is 1. The normalized spacial score (nSPS) is 19.2. The van der Waals surface area contributed by atoms with Crippen LogP contribution in [0, 0.1) is 0 Å². The topological polar surface area (TPSA) is 20.2 Å². The molecular weight excluding hydrogens is 300 g/mol. The van der Waals surface area contributed by atoms with Crippen LogP contribution < -0.4 is 0 Å². The molecule has 19 heavy (non-hydrogen) atoms. The number of rotatable bonds is 3. The molecule has 0 saturated heterocycles. The Hall–Kier alpha value is -1.12. The van der Waals surface area contributed by atoms with Gasteiger partial charge in [-0.25, -0.2) is 0 Å². The minimum Gasteiger partial charge on any atom is -0.396 e. The molecule has 0 aliphatic heterocycles. The maximum atomic E-state index is 9.82. The SMILES string of the molecule is OC[C@@H](c1ccc(Br)cc1)[C@H]1CCc2ccccc21. The molecule has 0 fully saturated rings. The van der Waals surface area contributed by atoms with Crippen molar-refractivity contribution in [1.82, 2.24) is 0 Å². The molecule has 2 aromatic carbocycles. The van der Waals surface area contributed by atoms with Gasteiger partial charge in [-0.1, -0.05) is 52.3 Å². The number of aliphatic hydroxyl groups excluding tert-OH is 1. The van der Waals surface area contributed by atoms with E-state index in [2.05, 4.69) is 64.5 Å². The summed E-state index contributed by atoms with van der Waals surface area (Å²) in [4.78, 5) is 0. The summed E-state index contributed by atoms with van der Waals surface area (Å²) in [7, 11) is 0. The third-order valence-corrected chi connectivity index (χ3v) is 4.69. The van der Waals surface area contributed by atoms with Crippen LogP contribution in [0.2, 0.25) is 0 Å². The van der Waals surface area contributed by atoms with Gasteiger partial charge in [0, 0.05) is 10.4 Å². The molecule has 0 amide bonds. The largest absolute Gasteiger partial charge is 0.396 e. The summed E-state index contributed by atoms with van der Waals surface area (Å²) < 4.78 is 1.08. The molecule has 0 heterocycles. The lowest BCUT2D eigenvalue weighted by atomic mass is 9.83. The molecule has 2 heteroatoms. The van der Waals surface area contributed by atoms with Crippen LogP contribution in [-0.2, 0) is 6.42 Å². The summed E-state index contributed by atoms with van der Waals surface area (Å²) in [6, 6.07) is 17.0. The molecule has 0 saturated carbocycles. The molecule has 98 valence electrons. The van der Waals surface area contributed by atoms with E-state index in [1.54, 1.807) is 0 Å². The fourth-order valence-electron chi connectivity index (χ4n) is 3.18. The van der Waals surface area contributed by atoms with Crippen LogP contribution in [0.3, 0.4) is 0 Å². The van der Waals surface area contributed by atoms with E-state index in [9.17, 15) is 5.11 Å². The highest BCUT2D eigenvalue weighted by atomic mass is 79.9. The average molecular weight is 317 g/mol. The lowest BCUT2D eigenvalue weighted by molar-refractivity contribution is 0.247. The fourth-order valence-corrected chi connectivity index (χ4v) is 3.45. The standard InChI is InChI=1S/C17H17BrO/c18-14-8-5-13(6-9-14)17(11-19)16-10-7-12-3-1-2-4-15(12)16/h1-6,8-9,16-17,19H,7,10-11H2/t16-,17-/m0/s1. The van der Waals surface area contributed by atoms with E-state index in [0.717, 1.165) is 17.3 Å². The fraction of sp³-hybridized carbons (Fsp3) is 0.294. The Bertz CT molecular complexity index is 562. The zero-order valence-electron chi connectivity index (χ0n) is 10.7. The van der Waals surface area contributed by atoms with E-state index < -0.39 is 0 Å². The smallest absolute Gasteiger partial charge is 0.0505 e. The Morgan fingerprint density at radius 1 is 1.11 bits per heavy atom. The molecule has 0 unspecified atom stereocenters. The Kier molecular flexibility index (Phi) is 3.72. The first kappa shape index (κ1) is 12.9. The second kappa shape index (κ2) is 5.48. The number of aryl methyl sites for hydroxylation is 1. The van der Waals surface area contributed by atoms with E-state index in [-0.39, 0.29) is 12.5 Å². The van der Waals surface area contributed by atoms with Gasteiger partial charge in [-0.05, 0) is 47.6 Å². The molecule has 0 bridgehead atoms. The number of aliphatic hydroxyl groups is 1. The van der Waals surface area contributed by atoms with E-state index in [0.29, 0.717) is 5.92 Å². The molecule has 3 rings (SSSR count). The average Bonchev–Trinajstić information content (AvgIpc) is 2.86. The monoisotopic (exact) mass is 316 g/mol. The molecule has 0 aromatic heterocycles. The highest BCUT2D eigenvalue weighted by molar-refractivity contribution is 9.10. The van der Waals surface area contributed by atoms with Gasteiger partial charge in [0.25, 0.3) is 0 Å². The summed E-state index contributed by atoms with van der Waals surface area (Å²) in [5.74, 6) is 0.652. The molecule has 2 atom stereocenters. The second-order valence-corrected chi connectivity index (χ2v) is 6.10. The van der Waals surface area contributed by atoms with Crippen molar-refractivity contribution in [2.45, 2.75) is 24.7 Å². The van der Waals surface area contributed by atoms with Crippen molar-refractivity contribution >= 4 is 15.9 Å². The van der Waals surface area contributed by atoms with Gasteiger partial charge >= 0.3 is 0 Å². The molecule has 1 nitrogen and oxygen atoms in total. The van der Waals surface area contributed by atoms with Crippen LogP contribution in [0.1, 0.15) is 34.9 Å². The molecule has 0 spiro atoms. The van der Waals surface area contributed by atoms with Gasteiger partial charge < -0.3 is 5.11 Å². The van der Waals surface area contributed by atoms with Gasteiger partial charge in [0.2, 0.25) is 0 Å². The first-order valence-corrected chi connectivity index (χ1v) is 7.53. The van der Waals surface area contributed by atoms with Gasteiger partial charge in [-0.2, -0.15) is 0 Å². The van der Waals surface area contributed by atoms with Crippen molar-refractivity contribution in [2.75, 3.05) is 6.61 Å². The zero-order valence-corrected chi connectivity index (χ0v) is 12.3. The minimum absolute atomic E-state index is 0.205. The molecule has 1 aliphatic rings. The Morgan fingerprint density at radius 2 is 1.84 bits per heavy atom. The van der Waals surface area contributed by atoms with E-state index in [1.807, 2.05) is 0 Å². The summed E-state index contributed by atoms with van der Waals surface area (Å²) in [5.41, 5.74) is 4.10. The Labute approximate surface area is 122 Å². The van der Waals surface area contributed by atoms with Crippen LogP contribution in [0.4, 0.5) is 0 Å². The van der Waals surface area contributed by atoms with Crippen molar-refractivity contribution in [1.29, 1.82) is 0 Å². The molecular formula is C17H17BrO. The Balaban J connectivity index is 1.94. The quantitative estimate of drug-likeness (QED) is 0.897. The number of hydrogen-bond donors (Lipinski definition) is 1. The lowest BCUT2D eigenvalue weighted by Gasteiger charge is -2.23. The maximum Gasteiger partial charge on any atom is 0.0505 e. The predicted molar refractivity (Wildman–Crippen MR) is 81.5 cm³/mol. The molecule has 1 N–H and O–H groups in total. The lowest BCUT2D eigenvalue weighted by Crippen LogP contribution is -2.13. The van der Waals surface area contributed by atoms with Crippen LogP contribution >= 0.6 is 15.9 Å². The van der Waals surface area contributed by atoms with Gasteiger partial charge in [-0.15, -0.1) is 0 Å². The van der Waals surface area contributed by atoms with Crippen LogP contribution in [0.5, 0.6) is 0 Å². The van der Waals surface area contributed by atoms with Crippen LogP contribution in [0.15, 0.2) is 53.0 Å². The number of fused-ring (bicyclic) bond motifs is 1. The minimum atomic E-state index is 0.205.